The van der Waals surface area contributed by atoms with Crippen molar-refractivity contribution in [1.82, 2.24) is 5.32 Å². The fourth-order valence-corrected chi connectivity index (χ4v) is 2.62. The van der Waals surface area contributed by atoms with Crippen LogP contribution in [0.25, 0.3) is 0 Å². The molecule has 1 heterocycles. The Bertz CT molecular complexity index is 390. The van der Waals surface area contributed by atoms with E-state index in [4.69, 9.17) is 0 Å². The smallest absolute Gasteiger partial charge is 0.261 e. The Hall–Kier alpha value is -0.350. The third-order valence-electron chi connectivity index (χ3n) is 3.35. The highest BCUT2D eigenvalue weighted by molar-refractivity contribution is 9.11. The van der Waals surface area contributed by atoms with Crippen molar-refractivity contribution in [2.24, 2.45) is 11.3 Å². The van der Waals surface area contributed by atoms with Crippen LogP contribution in [-0.4, -0.2) is 12.5 Å². The fraction of sp³-hybridized carbons (Fsp3) is 0.615. The Balaban J connectivity index is 2.62. The summed E-state index contributed by atoms with van der Waals surface area (Å²) in [6.45, 7) is 11.4. The van der Waals surface area contributed by atoms with Crippen LogP contribution in [0.3, 0.4) is 0 Å². The number of hydrogen-bond donors (Lipinski definition) is 1. The maximum atomic E-state index is 12.0. The molecular weight excluding hydrogens is 298 g/mol. The number of thiophene rings is 1. The molecule has 96 valence electrons. The van der Waals surface area contributed by atoms with Crippen molar-refractivity contribution in [3.8, 4) is 0 Å². The van der Waals surface area contributed by atoms with Gasteiger partial charge in [0, 0.05) is 6.54 Å². The number of amides is 1. The van der Waals surface area contributed by atoms with Gasteiger partial charge in [-0.25, -0.2) is 0 Å². The van der Waals surface area contributed by atoms with Crippen LogP contribution in [0, 0.1) is 18.3 Å². The molecule has 0 radical (unpaired) electrons. The van der Waals surface area contributed by atoms with Crippen LogP contribution in [0.4, 0.5) is 0 Å². The number of aryl methyl sites for hydroxylation is 1. The predicted molar refractivity (Wildman–Crippen MR) is 77.7 cm³/mol. The number of hydrogen-bond acceptors (Lipinski definition) is 2. The molecule has 17 heavy (non-hydrogen) atoms. The average Bonchev–Trinajstić information content (AvgIpc) is 2.56. The first kappa shape index (κ1) is 14.7. The highest BCUT2D eigenvalue weighted by atomic mass is 79.9. The Kier molecular flexibility index (Phi) is 4.78. The lowest BCUT2D eigenvalue weighted by Gasteiger charge is -2.29. The van der Waals surface area contributed by atoms with Gasteiger partial charge < -0.3 is 5.32 Å². The number of halogens is 1. The van der Waals surface area contributed by atoms with Gasteiger partial charge in [-0.3, -0.25) is 4.79 Å². The third-order valence-corrected chi connectivity index (χ3v) is 5.48. The maximum Gasteiger partial charge on any atom is 0.261 e. The van der Waals surface area contributed by atoms with Gasteiger partial charge in [-0.2, -0.15) is 0 Å². The first-order valence-electron chi connectivity index (χ1n) is 5.78. The van der Waals surface area contributed by atoms with Crippen molar-refractivity contribution in [3.05, 3.63) is 20.3 Å². The standard InChI is InChI=1S/C13H20BrNOS/c1-8(2)13(4,5)7-15-12(16)10-6-9(3)11(14)17-10/h6,8H,7H2,1-5H3,(H,15,16). The molecule has 0 aliphatic heterocycles. The van der Waals surface area contributed by atoms with Gasteiger partial charge in [-0.15, -0.1) is 11.3 Å². The summed E-state index contributed by atoms with van der Waals surface area (Å²) in [7, 11) is 0. The molecule has 1 rings (SSSR count). The molecule has 0 bridgehead atoms. The second-order valence-electron chi connectivity index (χ2n) is 5.39. The van der Waals surface area contributed by atoms with E-state index in [9.17, 15) is 4.79 Å². The van der Waals surface area contributed by atoms with Gasteiger partial charge in [0.15, 0.2) is 0 Å². The van der Waals surface area contributed by atoms with Crippen molar-refractivity contribution >= 4 is 33.2 Å². The Labute approximate surface area is 116 Å². The molecule has 0 fully saturated rings. The SMILES string of the molecule is Cc1cc(C(=O)NCC(C)(C)C(C)C)sc1Br. The molecule has 1 amide bonds. The quantitative estimate of drug-likeness (QED) is 0.884. The number of nitrogens with one attached hydrogen (secondary N) is 1. The summed E-state index contributed by atoms with van der Waals surface area (Å²) in [5.41, 5.74) is 1.24. The number of carbonyl (C=O) groups is 1. The first-order valence-corrected chi connectivity index (χ1v) is 7.39. The molecule has 1 N–H and O–H groups in total. The Morgan fingerprint density at radius 1 is 1.53 bits per heavy atom. The average molecular weight is 318 g/mol. The van der Waals surface area contributed by atoms with Gasteiger partial charge in [0.2, 0.25) is 0 Å². The van der Waals surface area contributed by atoms with Gasteiger partial charge in [-0.05, 0) is 45.8 Å². The molecule has 0 aromatic carbocycles. The predicted octanol–water partition coefficient (Wildman–Crippen LogP) is 4.23. The molecule has 1 aromatic heterocycles. The molecule has 0 aliphatic carbocycles. The molecule has 0 aliphatic rings. The summed E-state index contributed by atoms with van der Waals surface area (Å²) >= 11 is 4.92. The van der Waals surface area contributed by atoms with E-state index in [0.717, 1.165) is 14.2 Å². The Morgan fingerprint density at radius 3 is 2.53 bits per heavy atom. The molecule has 2 nitrogen and oxygen atoms in total. The summed E-state index contributed by atoms with van der Waals surface area (Å²) in [6, 6.07) is 1.92. The van der Waals surface area contributed by atoms with Crippen molar-refractivity contribution < 1.29 is 4.79 Å². The second-order valence-corrected chi connectivity index (χ2v) is 7.76. The maximum absolute atomic E-state index is 12.0. The monoisotopic (exact) mass is 317 g/mol. The van der Waals surface area contributed by atoms with Crippen LogP contribution in [0.2, 0.25) is 0 Å². The molecule has 0 spiro atoms. The van der Waals surface area contributed by atoms with Crippen LogP contribution in [0.5, 0.6) is 0 Å². The van der Waals surface area contributed by atoms with E-state index < -0.39 is 0 Å². The summed E-state index contributed by atoms with van der Waals surface area (Å²) in [5.74, 6) is 0.567. The summed E-state index contributed by atoms with van der Waals surface area (Å²) in [4.78, 5) is 12.7. The van der Waals surface area contributed by atoms with Crippen molar-refractivity contribution in [1.29, 1.82) is 0 Å². The lowest BCUT2D eigenvalue weighted by atomic mass is 9.81. The van der Waals surface area contributed by atoms with E-state index >= 15 is 0 Å². The molecule has 0 unspecified atom stereocenters. The van der Waals surface area contributed by atoms with E-state index in [1.165, 1.54) is 11.3 Å². The van der Waals surface area contributed by atoms with E-state index in [2.05, 4.69) is 48.9 Å². The lowest BCUT2D eigenvalue weighted by Crippen LogP contribution is -2.36. The second kappa shape index (κ2) is 5.53. The number of rotatable bonds is 4. The molecule has 4 heteroatoms. The molecule has 1 aromatic rings. The van der Waals surface area contributed by atoms with E-state index in [1.54, 1.807) is 0 Å². The Morgan fingerprint density at radius 2 is 2.12 bits per heavy atom. The van der Waals surface area contributed by atoms with Crippen molar-refractivity contribution in [2.45, 2.75) is 34.6 Å². The summed E-state index contributed by atoms with van der Waals surface area (Å²) < 4.78 is 1.03. The fourth-order valence-electron chi connectivity index (χ4n) is 1.17. The first-order chi connectivity index (χ1) is 7.74. The lowest BCUT2D eigenvalue weighted by molar-refractivity contribution is 0.0929. The van der Waals surface area contributed by atoms with Gasteiger partial charge in [0.25, 0.3) is 5.91 Å². The molecular formula is C13H20BrNOS. The zero-order valence-corrected chi connectivity index (χ0v) is 13.5. The number of carbonyl (C=O) groups excluding carboxylic acids is 1. The highest BCUT2D eigenvalue weighted by Gasteiger charge is 2.23. The minimum Gasteiger partial charge on any atom is -0.351 e. The van der Waals surface area contributed by atoms with Crippen LogP contribution in [0.1, 0.15) is 42.9 Å². The third kappa shape index (κ3) is 3.81. The van der Waals surface area contributed by atoms with E-state index in [0.29, 0.717) is 12.5 Å². The van der Waals surface area contributed by atoms with Crippen LogP contribution in [-0.2, 0) is 0 Å². The van der Waals surface area contributed by atoms with Gasteiger partial charge in [-0.1, -0.05) is 27.7 Å². The zero-order valence-electron chi connectivity index (χ0n) is 11.1. The summed E-state index contributed by atoms with van der Waals surface area (Å²) in [5, 5.41) is 3.01. The van der Waals surface area contributed by atoms with Crippen LogP contribution >= 0.6 is 27.3 Å². The van der Waals surface area contributed by atoms with Crippen molar-refractivity contribution in [2.75, 3.05) is 6.54 Å². The minimum atomic E-state index is 0.0255. The molecule has 0 atom stereocenters. The van der Waals surface area contributed by atoms with E-state index in [1.807, 2.05) is 13.0 Å². The molecule has 0 saturated carbocycles. The van der Waals surface area contributed by atoms with E-state index in [-0.39, 0.29) is 11.3 Å². The van der Waals surface area contributed by atoms with Gasteiger partial charge in [0.1, 0.15) is 0 Å². The van der Waals surface area contributed by atoms with Gasteiger partial charge in [0.05, 0.1) is 8.66 Å². The minimum absolute atomic E-state index is 0.0255. The normalized spacial score (nSPS) is 11.9. The van der Waals surface area contributed by atoms with Crippen LogP contribution in [0.15, 0.2) is 9.85 Å². The highest BCUT2D eigenvalue weighted by Crippen LogP contribution is 2.28. The van der Waals surface area contributed by atoms with Crippen molar-refractivity contribution in [3.63, 3.8) is 0 Å². The summed E-state index contributed by atoms with van der Waals surface area (Å²) in [6.07, 6.45) is 0. The molecule has 0 saturated heterocycles. The largest absolute Gasteiger partial charge is 0.351 e. The van der Waals surface area contributed by atoms with Crippen LogP contribution < -0.4 is 5.32 Å². The topological polar surface area (TPSA) is 29.1 Å². The zero-order chi connectivity index (χ0) is 13.2. The van der Waals surface area contributed by atoms with Gasteiger partial charge >= 0.3 is 0 Å².